The van der Waals surface area contributed by atoms with Gasteiger partial charge in [-0.25, -0.2) is 9.18 Å². The van der Waals surface area contributed by atoms with Gasteiger partial charge >= 0.3 is 11.9 Å². The molecule has 1 aromatic rings. The van der Waals surface area contributed by atoms with Crippen LogP contribution in [0.2, 0.25) is 0 Å². The Balaban J connectivity index is 2.79. The molecule has 0 spiro atoms. The van der Waals surface area contributed by atoms with Gasteiger partial charge in [-0.2, -0.15) is 0 Å². The SMILES string of the molecule is COC(=O)CC[C@H](NC(=O)c1cc(C)ccc1F)C(=O)O. The quantitative estimate of drug-likeness (QED) is 0.771. The van der Waals surface area contributed by atoms with Crippen LogP contribution in [0.5, 0.6) is 0 Å². The molecule has 1 rings (SSSR count). The third-order valence-electron chi connectivity index (χ3n) is 2.83. The number of methoxy groups -OCH3 is 1. The number of carbonyl (C=O) groups is 3. The van der Waals surface area contributed by atoms with Crippen molar-refractivity contribution in [2.24, 2.45) is 0 Å². The third-order valence-corrected chi connectivity index (χ3v) is 2.83. The lowest BCUT2D eigenvalue weighted by atomic mass is 10.1. The van der Waals surface area contributed by atoms with E-state index in [0.29, 0.717) is 5.56 Å². The second kappa shape index (κ2) is 7.37. The summed E-state index contributed by atoms with van der Waals surface area (Å²) >= 11 is 0. The van der Waals surface area contributed by atoms with Crippen LogP contribution in [0.25, 0.3) is 0 Å². The molecule has 0 aromatic heterocycles. The van der Waals surface area contributed by atoms with Gasteiger partial charge in [0, 0.05) is 6.42 Å². The average Bonchev–Trinajstić information content (AvgIpc) is 2.44. The highest BCUT2D eigenvalue weighted by molar-refractivity contribution is 5.97. The van der Waals surface area contributed by atoms with Crippen LogP contribution in [-0.2, 0) is 14.3 Å². The molecule has 114 valence electrons. The van der Waals surface area contributed by atoms with E-state index >= 15 is 0 Å². The second-order valence-electron chi connectivity index (χ2n) is 4.46. The molecule has 0 aliphatic carbocycles. The van der Waals surface area contributed by atoms with E-state index in [1.807, 2.05) is 0 Å². The van der Waals surface area contributed by atoms with Gasteiger partial charge in [-0.1, -0.05) is 11.6 Å². The summed E-state index contributed by atoms with van der Waals surface area (Å²) in [6.07, 6.45) is -0.300. The predicted molar refractivity (Wildman–Crippen MR) is 71.3 cm³/mol. The highest BCUT2D eigenvalue weighted by atomic mass is 19.1. The van der Waals surface area contributed by atoms with Crippen molar-refractivity contribution in [3.05, 3.63) is 35.1 Å². The van der Waals surface area contributed by atoms with Gasteiger partial charge in [0.1, 0.15) is 11.9 Å². The first-order valence-electron chi connectivity index (χ1n) is 6.21. The van der Waals surface area contributed by atoms with Crippen molar-refractivity contribution < 1.29 is 28.6 Å². The largest absolute Gasteiger partial charge is 0.480 e. The number of aryl methyl sites for hydroxylation is 1. The number of hydrogen-bond donors (Lipinski definition) is 2. The molecule has 0 bridgehead atoms. The van der Waals surface area contributed by atoms with Crippen molar-refractivity contribution in [3.63, 3.8) is 0 Å². The Labute approximate surface area is 120 Å². The Morgan fingerprint density at radius 3 is 2.62 bits per heavy atom. The zero-order chi connectivity index (χ0) is 16.0. The topological polar surface area (TPSA) is 92.7 Å². The molecule has 0 saturated heterocycles. The lowest BCUT2D eigenvalue weighted by Gasteiger charge is -2.14. The first-order valence-corrected chi connectivity index (χ1v) is 6.21. The molecule has 0 aliphatic rings. The van der Waals surface area contributed by atoms with Crippen LogP contribution in [0.15, 0.2) is 18.2 Å². The van der Waals surface area contributed by atoms with Crippen molar-refractivity contribution in [1.29, 1.82) is 0 Å². The molecule has 1 amide bonds. The van der Waals surface area contributed by atoms with Crippen LogP contribution < -0.4 is 5.32 Å². The minimum absolute atomic E-state index is 0.138. The zero-order valence-electron chi connectivity index (χ0n) is 11.7. The molecule has 2 N–H and O–H groups in total. The number of halogens is 1. The lowest BCUT2D eigenvalue weighted by Crippen LogP contribution is -2.41. The second-order valence-corrected chi connectivity index (χ2v) is 4.46. The summed E-state index contributed by atoms with van der Waals surface area (Å²) in [5.41, 5.74) is 0.433. The van der Waals surface area contributed by atoms with Crippen LogP contribution in [0, 0.1) is 12.7 Å². The van der Waals surface area contributed by atoms with Crippen LogP contribution >= 0.6 is 0 Å². The van der Waals surface area contributed by atoms with Crippen molar-refractivity contribution in [3.8, 4) is 0 Å². The van der Waals surface area contributed by atoms with Crippen molar-refractivity contribution in [2.45, 2.75) is 25.8 Å². The first-order chi connectivity index (χ1) is 9.85. The van der Waals surface area contributed by atoms with E-state index < -0.39 is 29.7 Å². The number of hydrogen-bond acceptors (Lipinski definition) is 4. The molecule has 7 heteroatoms. The molecule has 0 saturated carbocycles. The number of nitrogens with one attached hydrogen (secondary N) is 1. The maximum absolute atomic E-state index is 13.6. The van der Waals surface area contributed by atoms with Crippen molar-refractivity contribution in [2.75, 3.05) is 7.11 Å². The molecular formula is C14H16FNO5. The normalized spacial score (nSPS) is 11.6. The van der Waals surface area contributed by atoms with E-state index in [1.165, 1.54) is 19.2 Å². The minimum atomic E-state index is -1.31. The number of carbonyl (C=O) groups excluding carboxylic acids is 2. The molecular weight excluding hydrogens is 281 g/mol. The Hall–Kier alpha value is -2.44. The van der Waals surface area contributed by atoms with Crippen LogP contribution in [0.1, 0.15) is 28.8 Å². The summed E-state index contributed by atoms with van der Waals surface area (Å²) < 4.78 is 18.0. The fourth-order valence-corrected chi connectivity index (χ4v) is 1.67. The van der Waals surface area contributed by atoms with E-state index in [9.17, 15) is 18.8 Å². The molecule has 1 atom stereocenters. The Morgan fingerprint density at radius 2 is 2.05 bits per heavy atom. The smallest absolute Gasteiger partial charge is 0.326 e. The zero-order valence-corrected chi connectivity index (χ0v) is 11.7. The summed E-state index contributed by atoms with van der Waals surface area (Å²) in [7, 11) is 1.18. The standard InChI is InChI=1S/C14H16FNO5/c1-8-3-4-10(15)9(7-8)13(18)16-11(14(19)20)5-6-12(17)21-2/h3-4,7,11H,5-6H2,1-2H3,(H,16,18)(H,19,20)/t11-/m0/s1. The molecule has 6 nitrogen and oxygen atoms in total. The van der Waals surface area contributed by atoms with Crippen molar-refractivity contribution >= 4 is 17.8 Å². The highest BCUT2D eigenvalue weighted by Gasteiger charge is 2.23. The van der Waals surface area contributed by atoms with Gasteiger partial charge < -0.3 is 15.2 Å². The van der Waals surface area contributed by atoms with E-state index in [1.54, 1.807) is 6.92 Å². The third kappa shape index (κ3) is 4.87. The van der Waals surface area contributed by atoms with E-state index in [4.69, 9.17) is 5.11 Å². The Bertz CT molecular complexity index is 558. The maximum atomic E-state index is 13.6. The Morgan fingerprint density at radius 1 is 1.38 bits per heavy atom. The minimum Gasteiger partial charge on any atom is -0.480 e. The average molecular weight is 297 g/mol. The molecule has 21 heavy (non-hydrogen) atoms. The summed E-state index contributed by atoms with van der Waals surface area (Å²) in [4.78, 5) is 34.0. The predicted octanol–water partition coefficient (Wildman–Crippen LogP) is 1.27. The van der Waals surface area contributed by atoms with Gasteiger partial charge in [-0.3, -0.25) is 9.59 Å². The van der Waals surface area contributed by atoms with Gasteiger partial charge in [0.15, 0.2) is 0 Å². The number of ether oxygens (including phenoxy) is 1. The summed E-state index contributed by atoms with van der Waals surface area (Å²) in [5, 5.41) is 11.2. The maximum Gasteiger partial charge on any atom is 0.326 e. The van der Waals surface area contributed by atoms with E-state index in [-0.39, 0.29) is 18.4 Å². The van der Waals surface area contributed by atoms with Gasteiger partial charge in [0.25, 0.3) is 5.91 Å². The number of carboxylic acid groups (broad SMARTS) is 1. The molecule has 0 radical (unpaired) electrons. The number of carboxylic acids is 1. The fourth-order valence-electron chi connectivity index (χ4n) is 1.67. The Kier molecular flexibility index (Phi) is 5.83. The molecule has 0 unspecified atom stereocenters. The van der Waals surface area contributed by atoms with Gasteiger partial charge in [0.05, 0.1) is 12.7 Å². The summed E-state index contributed by atoms with van der Waals surface area (Å²) in [5.74, 6) is -3.47. The van der Waals surface area contributed by atoms with Gasteiger partial charge in [-0.15, -0.1) is 0 Å². The van der Waals surface area contributed by atoms with Crippen LogP contribution in [-0.4, -0.2) is 36.1 Å². The van der Waals surface area contributed by atoms with E-state index in [2.05, 4.69) is 10.1 Å². The molecule has 0 fully saturated rings. The summed E-state index contributed by atoms with van der Waals surface area (Å²) in [6, 6.07) is 2.66. The number of aliphatic carboxylic acids is 1. The number of benzene rings is 1. The highest BCUT2D eigenvalue weighted by Crippen LogP contribution is 2.11. The lowest BCUT2D eigenvalue weighted by molar-refractivity contribution is -0.142. The van der Waals surface area contributed by atoms with Crippen LogP contribution in [0.4, 0.5) is 4.39 Å². The number of amides is 1. The molecule has 0 heterocycles. The van der Waals surface area contributed by atoms with E-state index in [0.717, 1.165) is 6.07 Å². The number of esters is 1. The monoisotopic (exact) mass is 297 g/mol. The first kappa shape index (κ1) is 16.6. The molecule has 1 aromatic carbocycles. The van der Waals surface area contributed by atoms with Gasteiger partial charge in [0.2, 0.25) is 0 Å². The van der Waals surface area contributed by atoms with Gasteiger partial charge in [-0.05, 0) is 25.5 Å². The van der Waals surface area contributed by atoms with Crippen molar-refractivity contribution in [1.82, 2.24) is 5.32 Å². The molecule has 0 aliphatic heterocycles. The van der Waals surface area contributed by atoms with Crippen LogP contribution in [0.3, 0.4) is 0 Å². The summed E-state index contributed by atoms with van der Waals surface area (Å²) in [6.45, 7) is 1.68. The fraction of sp³-hybridized carbons (Fsp3) is 0.357. The number of rotatable bonds is 6.